The number of likely N-dealkylation sites (tertiary alicyclic amines) is 1. The molecule has 0 aromatic heterocycles. The molecule has 0 saturated carbocycles. The molecule has 0 radical (unpaired) electrons. The van der Waals surface area contributed by atoms with E-state index in [1.165, 1.54) is 37.3 Å². The highest BCUT2D eigenvalue weighted by molar-refractivity contribution is 7.89. The van der Waals surface area contributed by atoms with E-state index in [1.54, 1.807) is 0 Å². The van der Waals surface area contributed by atoms with Gasteiger partial charge in [0.05, 0.1) is 19.1 Å². The minimum atomic E-state index is -3.83. The molecule has 2 saturated heterocycles. The molecule has 27 heavy (non-hydrogen) atoms. The van der Waals surface area contributed by atoms with E-state index < -0.39 is 27.3 Å². The Morgan fingerprint density at radius 1 is 1.41 bits per heavy atom. The van der Waals surface area contributed by atoms with Crippen LogP contribution in [0.2, 0.25) is 0 Å². The van der Waals surface area contributed by atoms with Crippen molar-refractivity contribution in [1.82, 2.24) is 9.62 Å². The van der Waals surface area contributed by atoms with Crippen LogP contribution in [0.5, 0.6) is 5.75 Å². The summed E-state index contributed by atoms with van der Waals surface area (Å²) in [5, 5.41) is 9.72. The number of nitrogens with one attached hydrogen (secondary N) is 1. The predicted molar refractivity (Wildman–Crippen MR) is 94.1 cm³/mol. The van der Waals surface area contributed by atoms with Crippen molar-refractivity contribution in [3.8, 4) is 5.75 Å². The highest BCUT2D eigenvalue weighted by atomic mass is 32.2. The zero-order chi connectivity index (χ0) is 19.8. The molecule has 2 aliphatic heterocycles. The first-order valence-corrected chi connectivity index (χ1v) is 9.95. The maximum Gasteiger partial charge on any atom is 0.311 e. The molecule has 9 nitrogen and oxygen atoms in total. The van der Waals surface area contributed by atoms with Gasteiger partial charge in [-0.3, -0.25) is 9.59 Å². The summed E-state index contributed by atoms with van der Waals surface area (Å²) in [5.74, 6) is -1.52. The second-order valence-corrected chi connectivity index (χ2v) is 8.60. The molecule has 2 heterocycles. The standard InChI is InChI=1S/C17H22N2O7S/c1-18-27(23,24)14-7-11(3-4-13(14)25-2)15(20)19-8-12-9-26-6-5-17(12,10-19)16(21)22/h3-4,7,12,18H,5-6,8-10H2,1-2H3,(H,21,22)/t12-,17+/m0/s1. The molecule has 0 aliphatic carbocycles. The van der Waals surface area contributed by atoms with Gasteiger partial charge in [0.25, 0.3) is 5.91 Å². The van der Waals surface area contributed by atoms with Crippen LogP contribution < -0.4 is 9.46 Å². The topological polar surface area (TPSA) is 122 Å². The number of amides is 1. The van der Waals surface area contributed by atoms with Gasteiger partial charge >= 0.3 is 5.97 Å². The predicted octanol–water partition coefficient (Wildman–Crippen LogP) is 0.167. The van der Waals surface area contributed by atoms with Crippen LogP contribution in [-0.4, -0.2) is 70.8 Å². The van der Waals surface area contributed by atoms with Crippen LogP contribution in [0.15, 0.2) is 23.1 Å². The van der Waals surface area contributed by atoms with Gasteiger partial charge in [-0.05, 0) is 31.7 Å². The van der Waals surface area contributed by atoms with Gasteiger partial charge in [0.2, 0.25) is 10.0 Å². The smallest absolute Gasteiger partial charge is 0.311 e. The van der Waals surface area contributed by atoms with Crippen LogP contribution in [0.3, 0.4) is 0 Å². The Bertz CT molecular complexity index is 870. The molecule has 2 atom stereocenters. The Labute approximate surface area is 157 Å². The summed E-state index contributed by atoms with van der Waals surface area (Å²) in [5.41, 5.74) is -0.856. The third-order valence-corrected chi connectivity index (χ3v) is 6.82. The summed E-state index contributed by atoms with van der Waals surface area (Å²) < 4.78 is 37.1. The number of carbonyl (C=O) groups excluding carboxylic acids is 1. The van der Waals surface area contributed by atoms with E-state index in [9.17, 15) is 23.1 Å². The summed E-state index contributed by atoms with van der Waals surface area (Å²) >= 11 is 0. The maximum absolute atomic E-state index is 13.0. The summed E-state index contributed by atoms with van der Waals surface area (Å²) in [6, 6.07) is 4.14. The van der Waals surface area contributed by atoms with Crippen molar-refractivity contribution in [2.45, 2.75) is 11.3 Å². The summed E-state index contributed by atoms with van der Waals surface area (Å²) in [4.78, 5) is 26.1. The Balaban J connectivity index is 1.93. The quantitative estimate of drug-likeness (QED) is 0.725. The van der Waals surface area contributed by atoms with E-state index in [1.807, 2.05) is 0 Å². The van der Waals surface area contributed by atoms with Gasteiger partial charge in [-0.25, -0.2) is 13.1 Å². The second-order valence-electron chi connectivity index (χ2n) is 6.74. The number of fused-ring (bicyclic) bond motifs is 1. The summed E-state index contributed by atoms with van der Waals surface area (Å²) in [6.07, 6.45) is 0.346. The molecule has 2 fully saturated rings. The zero-order valence-corrected chi connectivity index (χ0v) is 15.9. The van der Waals surface area contributed by atoms with Gasteiger partial charge in [-0.1, -0.05) is 0 Å². The lowest BCUT2D eigenvalue weighted by Gasteiger charge is -2.33. The Hall–Kier alpha value is -2.17. The number of carboxylic acids is 1. The van der Waals surface area contributed by atoms with E-state index in [2.05, 4.69) is 4.72 Å². The lowest BCUT2D eigenvalue weighted by atomic mass is 9.74. The van der Waals surface area contributed by atoms with Crippen LogP contribution in [0.25, 0.3) is 0 Å². The van der Waals surface area contributed by atoms with E-state index in [0.29, 0.717) is 13.0 Å². The Morgan fingerprint density at radius 3 is 2.74 bits per heavy atom. The zero-order valence-electron chi connectivity index (χ0n) is 15.1. The monoisotopic (exact) mass is 398 g/mol. The number of sulfonamides is 1. The molecule has 3 rings (SSSR count). The number of benzene rings is 1. The average Bonchev–Trinajstić information content (AvgIpc) is 3.08. The fourth-order valence-corrected chi connectivity index (χ4v) is 4.68. The number of methoxy groups -OCH3 is 1. The number of hydrogen-bond acceptors (Lipinski definition) is 6. The van der Waals surface area contributed by atoms with Crippen LogP contribution >= 0.6 is 0 Å². The molecule has 148 valence electrons. The van der Waals surface area contributed by atoms with E-state index >= 15 is 0 Å². The number of aliphatic carboxylic acids is 1. The average molecular weight is 398 g/mol. The minimum Gasteiger partial charge on any atom is -0.495 e. The summed E-state index contributed by atoms with van der Waals surface area (Å²) in [7, 11) is -1.22. The molecule has 1 aromatic rings. The van der Waals surface area contributed by atoms with E-state index in [4.69, 9.17) is 9.47 Å². The first kappa shape index (κ1) is 19.6. The van der Waals surface area contributed by atoms with Crippen molar-refractivity contribution in [2.75, 3.05) is 40.5 Å². The van der Waals surface area contributed by atoms with E-state index in [0.717, 1.165) is 0 Å². The minimum absolute atomic E-state index is 0.0787. The number of nitrogens with zero attached hydrogens (tertiary/aromatic N) is 1. The largest absolute Gasteiger partial charge is 0.495 e. The SMILES string of the molecule is CNS(=O)(=O)c1cc(C(=O)N2C[C@H]3COCC[C@@]3(C(=O)O)C2)ccc1OC. The van der Waals surface area contributed by atoms with Crippen molar-refractivity contribution >= 4 is 21.9 Å². The molecular formula is C17H22N2O7S. The van der Waals surface area contributed by atoms with Gasteiger partial charge in [0.1, 0.15) is 10.6 Å². The van der Waals surface area contributed by atoms with Crippen molar-refractivity contribution in [1.29, 1.82) is 0 Å². The fourth-order valence-electron chi connectivity index (χ4n) is 3.77. The highest BCUT2D eigenvalue weighted by Gasteiger charge is 2.55. The van der Waals surface area contributed by atoms with Crippen LogP contribution in [0.4, 0.5) is 0 Å². The first-order valence-electron chi connectivity index (χ1n) is 8.47. The molecule has 1 amide bonds. The molecule has 0 spiro atoms. The molecule has 1 aromatic carbocycles. The van der Waals surface area contributed by atoms with Gasteiger partial charge < -0.3 is 19.5 Å². The summed E-state index contributed by atoms with van der Waals surface area (Å²) in [6.45, 7) is 0.969. The maximum atomic E-state index is 13.0. The third-order valence-electron chi connectivity index (χ3n) is 5.39. The second kappa shape index (κ2) is 7.10. The lowest BCUT2D eigenvalue weighted by molar-refractivity contribution is -0.157. The molecule has 2 aliphatic rings. The molecule has 10 heteroatoms. The van der Waals surface area contributed by atoms with Gasteiger partial charge in [0.15, 0.2) is 0 Å². The number of rotatable bonds is 5. The first-order chi connectivity index (χ1) is 12.7. The molecule has 0 bridgehead atoms. The molecule has 0 unspecified atom stereocenters. The van der Waals surface area contributed by atoms with Crippen molar-refractivity contribution in [3.63, 3.8) is 0 Å². The molecular weight excluding hydrogens is 376 g/mol. The number of carbonyl (C=O) groups is 2. The Morgan fingerprint density at radius 2 is 2.15 bits per heavy atom. The number of hydrogen-bond donors (Lipinski definition) is 2. The van der Waals surface area contributed by atoms with Crippen molar-refractivity contribution in [3.05, 3.63) is 23.8 Å². The number of ether oxygens (including phenoxy) is 2. The Kier molecular flexibility index (Phi) is 5.15. The van der Waals surface area contributed by atoms with Crippen LogP contribution in [-0.2, 0) is 19.6 Å². The van der Waals surface area contributed by atoms with Crippen molar-refractivity contribution in [2.24, 2.45) is 11.3 Å². The van der Waals surface area contributed by atoms with Gasteiger partial charge in [-0.2, -0.15) is 0 Å². The fraction of sp³-hybridized carbons (Fsp3) is 0.529. The van der Waals surface area contributed by atoms with Crippen LogP contribution in [0.1, 0.15) is 16.8 Å². The highest BCUT2D eigenvalue weighted by Crippen LogP contribution is 2.43. The van der Waals surface area contributed by atoms with Crippen molar-refractivity contribution < 1.29 is 32.6 Å². The van der Waals surface area contributed by atoms with Crippen LogP contribution in [0, 0.1) is 11.3 Å². The number of carboxylic acid groups (broad SMARTS) is 1. The lowest BCUT2D eigenvalue weighted by Crippen LogP contribution is -2.45. The van der Waals surface area contributed by atoms with Gasteiger partial charge in [0, 0.05) is 31.2 Å². The normalized spacial score (nSPS) is 25.1. The van der Waals surface area contributed by atoms with E-state index in [-0.39, 0.29) is 41.8 Å². The molecule has 2 N–H and O–H groups in total. The van der Waals surface area contributed by atoms with Gasteiger partial charge in [-0.15, -0.1) is 0 Å². The third kappa shape index (κ3) is 3.28.